The van der Waals surface area contributed by atoms with E-state index in [0.29, 0.717) is 32.1 Å². The van der Waals surface area contributed by atoms with Gasteiger partial charge in [0.05, 0.1) is 13.1 Å². The summed E-state index contributed by atoms with van der Waals surface area (Å²) in [6, 6.07) is 7.98. The minimum absolute atomic E-state index is 0.0409. The van der Waals surface area contributed by atoms with Gasteiger partial charge in [0.25, 0.3) is 0 Å². The van der Waals surface area contributed by atoms with E-state index >= 15 is 0 Å². The maximum atomic E-state index is 11.5. The number of nitrogens with zero attached hydrogens (tertiary/aromatic N) is 1. The normalized spacial score (nSPS) is 11.0. The third-order valence-electron chi connectivity index (χ3n) is 3.21. The van der Waals surface area contributed by atoms with E-state index in [0.717, 1.165) is 25.3 Å². The van der Waals surface area contributed by atoms with Crippen LogP contribution in [0.5, 0.6) is 5.75 Å². The largest absolute Gasteiger partial charge is 0.492 e. The summed E-state index contributed by atoms with van der Waals surface area (Å²) in [6.45, 7) is 9.23. The lowest BCUT2D eigenvalue weighted by atomic mass is 10.2. The molecule has 1 rings (SSSR count). The molecule has 0 heterocycles. The zero-order valence-electron chi connectivity index (χ0n) is 15.0. The summed E-state index contributed by atoms with van der Waals surface area (Å²) in [5.74, 6) is 1.60. The molecule has 0 fully saturated rings. The highest BCUT2D eigenvalue weighted by atomic mass is 16.5. The molecular formula is C18H30N4O2. The van der Waals surface area contributed by atoms with Gasteiger partial charge in [0.1, 0.15) is 12.4 Å². The average Bonchev–Trinajstić information content (AvgIpc) is 2.58. The van der Waals surface area contributed by atoms with Crippen LogP contribution >= 0.6 is 0 Å². The van der Waals surface area contributed by atoms with Crippen molar-refractivity contribution in [2.45, 2.75) is 33.6 Å². The van der Waals surface area contributed by atoms with Gasteiger partial charge in [-0.05, 0) is 32.4 Å². The smallest absolute Gasteiger partial charge is 0.221 e. The van der Waals surface area contributed by atoms with E-state index in [2.05, 4.69) is 20.9 Å². The van der Waals surface area contributed by atoms with Crippen LogP contribution in [0.1, 0.15) is 32.3 Å². The number of aryl methyl sites for hydroxylation is 1. The molecule has 0 unspecified atom stereocenters. The van der Waals surface area contributed by atoms with Crippen molar-refractivity contribution in [2.24, 2.45) is 4.99 Å². The van der Waals surface area contributed by atoms with Crippen molar-refractivity contribution in [2.75, 3.05) is 32.8 Å². The van der Waals surface area contributed by atoms with Crippen molar-refractivity contribution in [1.82, 2.24) is 16.0 Å². The zero-order chi connectivity index (χ0) is 17.6. The van der Waals surface area contributed by atoms with Crippen LogP contribution in [0.25, 0.3) is 0 Å². The minimum atomic E-state index is 0.0409. The fraction of sp³-hybridized carbons (Fsp3) is 0.556. The van der Waals surface area contributed by atoms with Crippen LogP contribution in [0.15, 0.2) is 29.3 Å². The van der Waals surface area contributed by atoms with Gasteiger partial charge in [0.2, 0.25) is 5.91 Å². The first-order valence-corrected chi connectivity index (χ1v) is 8.64. The number of hydrogen-bond acceptors (Lipinski definition) is 3. The van der Waals surface area contributed by atoms with Gasteiger partial charge in [-0.15, -0.1) is 0 Å². The minimum Gasteiger partial charge on any atom is -0.492 e. The first-order chi connectivity index (χ1) is 11.7. The van der Waals surface area contributed by atoms with Gasteiger partial charge in [0, 0.05) is 19.5 Å². The molecule has 6 nitrogen and oxygen atoms in total. The van der Waals surface area contributed by atoms with E-state index in [1.807, 2.05) is 45.0 Å². The monoisotopic (exact) mass is 334 g/mol. The van der Waals surface area contributed by atoms with Crippen LogP contribution in [0.3, 0.4) is 0 Å². The average molecular weight is 334 g/mol. The Balaban J connectivity index is 2.27. The highest BCUT2D eigenvalue weighted by molar-refractivity contribution is 5.80. The number of guanidine groups is 1. The molecule has 0 saturated heterocycles. The molecule has 0 aliphatic heterocycles. The van der Waals surface area contributed by atoms with Gasteiger partial charge in [-0.2, -0.15) is 0 Å². The Hall–Kier alpha value is -2.24. The van der Waals surface area contributed by atoms with Gasteiger partial charge in [-0.1, -0.05) is 24.6 Å². The van der Waals surface area contributed by atoms with E-state index in [1.165, 1.54) is 5.56 Å². The summed E-state index contributed by atoms with van der Waals surface area (Å²) < 4.78 is 5.67. The zero-order valence-corrected chi connectivity index (χ0v) is 15.0. The second-order valence-electron chi connectivity index (χ2n) is 5.45. The summed E-state index contributed by atoms with van der Waals surface area (Å²) in [5, 5.41) is 9.20. The number of aliphatic imine (C=N–C) groups is 1. The van der Waals surface area contributed by atoms with Gasteiger partial charge in [-0.25, -0.2) is 0 Å². The molecule has 0 bridgehead atoms. The highest BCUT2D eigenvalue weighted by Crippen LogP contribution is 2.10. The Labute approximate surface area is 145 Å². The predicted octanol–water partition coefficient (Wildman–Crippen LogP) is 1.85. The second kappa shape index (κ2) is 12.2. The molecular weight excluding hydrogens is 304 g/mol. The molecule has 0 aromatic heterocycles. The molecule has 6 heteroatoms. The fourth-order valence-electron chi connectivity index (χ4n) is 1.94. The van der Waals surface area contributed by atoms with Crippen LogP contribution in [0.4, 0.5) is 0 Å². The maximum Gasteiger partial charge on any atom is 0.221 e. The van der Waals surface area contributed by atoms with E-state index in [1.54, 1.807) is 0 Å². The Morgan fingerprint density at radius 1 is 1.08 bits per heavy atom. The van der Waals surface area contributed by atoms with Crippen molar-refractivity contribution in [3.8, 4) is 5.75 Å². The van der Waals surface area contributed by atoms with E-state index < -0.39 is 0 Å². The third-order valence-corrected chi connectivity index (χ3v) is 3.21. The highest BCUT2D eigenvalue weighted by Gasteiger charge is 2.01. The summed E-state index contributed by atoms with van der Waals surface area (Å²) in [7, 11) is 0. The molecule has 0 radical (unpaired) electrons. The first kappa shape index (κ1) is 19.8. The summed E-state index contributed by atoms with van der Waals surface area (Å²) in [5.41, 5.74) is 1.21. The van der Waals surface area contributed by atoms with Crippen molar-refractivity contribution in [3.05, 3.63) is 29.8 Å². The number of carbonyl (C=O) groups is 1. The Kier molecular flexibility index (Phi) is 10.1. The molecule has 0 atom stereocenters. The number of ether oxygens (including phenoxy) is 1. The molecule has 1 aromatic carbocycles. The summed E-state index contributed by atoms with van der Waals surface area (Å²) >= 11 is 0. The lowest BCUT2D eigenvalue weighted by molar-refractivity contribution is -0.120. The van der Waals surface area contributed by atoms with E-state index in [-0.39, 0.29) is 5.91 Å². The lowest BCUT2D eigenvalue weighted by Gasteiger charge is -2.12. The number of hydrogen-bond donors (Lipinski definition) is 3. The summed E-state index contributed by atoms with van der Waals surface area (Å²) in [6.07, 6.45) is 1.34. The number of nitrogens with one attached hydrogen (secondary N) is 3. The van der Waals surface area contributed by atoms with Crippen LogP contribution < -0.4 is 20.7 Å². The van der Waals surface area contributed by atoms with Crippen LogP contribution in [-0.4, -0.2) is 44.7 Å². The first-order valence-electron chi connectivity index (χ1n) is 8.64. The Bertz CT molecular complexity index is 500. The van der Waals surface area contributed by atoms with Crippen molar-refractivity contribution < 1.29 is 9.53 Å². The SMILES string of the molecule is CCCNC(=O)CCN=C(NCC)NCCOc1ccc(C)cc1. The molecule has 0 aliphatic carbocycles. The summed E-state index contributed by atoms with van der Waals surface area (Å²) in [4.78, 5) is 15.9. The number of rotatable bonds is 10. The molecule has 0 saturated carbocycles. The van der Waals surface area contributed by atoms with Crippen molar-refractivity contribution in [3.63, 3.8) is 0 Å². The second-order valence-corrected chi connectivity index (χ2v) is 5.45. The Morgan fingerprint density at radius 3 is 2.50 bits per heavy atom. The molecule has 134 valence electrons. The molecule has 24 heavy (non-hydrogen) atoms. The molecule has 0 spiro atoms. The predicted molar refractivity (Wildman–Crippen MR) is 98.6 cm³/mol. The fourth-order valence-corrected chi connectivity index (χ4v) is 1.94. The van der Waals surface area contributed by atoms with Gasteiger partial charge in [0.15, 0.2) is 5.96 Å². The van der Waals surface area contributed by atoms with Crippen molar-refractivity contribution in [1.29, 1.82) is 0 Å². The molecule has 1 amide bonds. The van der Waals surface area contributed by atoms with Crippen LogP contribution in [0.2, 0.25) is 0 Å². The molecule has 1 aromatic rings. The van der Waals surface area contributed by atoms with Crippen LogP contribution in [0, 0.1) is 6.92 Å². The van der Waals surface area contributed by atoms with Crippen LogP contribution in [-0.2, 0) is 4.79 Å². The molecule has 3 N–H and O–H groups in total. The lowest BCUT2D eigenvalue weighted by Crippen LogP contribution is -2.39. The van der Waals surface area contributed by atoms with Crippen molar-refractivity contribution >= 4 is 11.9 Å². The van der Waals surface area contributed by atoms with E-state index in [9.17, 15) is 4.79 Å². The standard InChI is InChI=1S/C18H30N4O2/c1-4-11-20-17(23)10-12-21-18(19-5-2)22-13-14-24-16-8-6-15(3)7-9-16/h6-9H,4-5,10-14H2,1-3H3,(H,20,23)(H2,19,21,22). The quantitative estimate of drug-likeness (QED) is 0.347. The Morgan fingerprint density at radius 2 is 1.83 bits per heavy atom. The maximum absolute atomic E-state index is 11.5. The topological polar surface area (TPSA) is 74.8 Å². The number of benzene rings is 1. The van der Waals surface area contributed by atoms with Gasteiger partial charge >= 0.3 is 0 Å². The van der Waals surface area contributed by atoms with Gasteiger partial charge in [-0.3, -0.25) is 9.79 Å². The number of amides is 1. The number of carbonyl (C=O) groups excluding carboxylic acids is 1. The van der Waals surface area contributed by atoms with Gasteiger partial charge < -0.3 is 20.7 Å². The molecule has 0 aliphatic rings. The third kappa shape index (κ3) is 9.02. The van der Waals surface area contributed by atoms with E-state index in [4.69, 9.17) is 4.74 Å².